The van der Waals surface area contributed by atoms with Crippen LogP contribution in [0.1, 0.15) is 25.0 Å². The summed E-state index contributed by atoms with van der Waals surface area (Å²) in [6.45, 7) is 2.94. The fourth-order valence-corrected chi connectivity index (χ4v) is 1.47. The molecule has 0 saturated heterocycles. The van der Waals surface area contributed by atoms with Gasteiger partial charge >= 0.3 is 6.18 Å². The summed E-state index contributed by atoms with van der Waals surface area (Å²) in [5.74, 6) is -0.325. The molecule has 3 N–H and O–H groups in total. The van der Waals surface area contributed by atoms with Gasteiger partial charge in [-0.25, -0.2) is 0 Å². The quantitative estimate of drug-likeness (QED) is 0.384. The molecule has 1 aromatic rings. The Kier molecular flexibility index (Phi) is 3.56. The molecule has 19 heavy (non-hydrogen) atoms. The highest BCUT2D eigenvalue weighted by molar-refractivity contribution is 5.88. The molecule has 0 amide bonds. The molecule has 0 saturated carbocycles. The lowest BCUT2D eigenvalue weighted by atomic mass is 9.82. The number of benzene rings is 1. The Hall–Kier alpha value is -2.12. The third kappa shape index (κ3) is 2.83. The second-order valence-corrected chi connectivity index (χ2v) is 4.53. The minimum absolute atomic E-state index is 0.0953. The van der Waals surface area contributed by atoms with E-state index in [1.807, 2.05) is 0 Å². The lowest BCUT2D eigenvalue weighted by molar-refractivity contribution is -0.388. The minimum atomic E-state index is -4.84. The molecule has 0 heterocycles. The summed E-state index contributed by atoms with van der Waals surface area (Å²) in [6, 6.07) is 2.62. The van der Waals surface area contributed by atoms with Crippen LogP contribution >= 0.6 is 0 Å². The Labute approximate surface area is 106 Å². The molecule has 0 bridgehead atoms. The van der Waals surface area contributed by atoms with Gasteiger partial charge in [-0.05, 0) is 25.5 Å². The first-order chi connectivity index (χ1) is 8.48. The van der Waals surface area contributed by atoms with Gasteiger partial charge in [-0.15, -0.1) is 0 Å². The fourth-order valence-electron chi connectivity index (χ4n) is 1.47. The Morgan fingerprint density at radius 3 is 2.26 bits per heavy atom. The van der Waals surface area contributed by atoms with Gasteiger partial charge in [0.25, 0.3) is 5.69 Å². The van der Waals surface area contributed by atoms with E-state index in [0.29, 0.717) is 6.07 Å². The molecule has 0 aliphatic rings. The molecule has 0 aliphatic carbocycles. The molecule has 5 nitrogen and oxygen atoms in total. The van der Waals surface area contributed by atoms with Crippen LogP contribution < -0.4 is 5.73 Å². The average molecular weight is 275 g/mol. The van der Waals surface area contributed by atoms with Crippen LogP contribution in [0, 0.1) is 15.5 Å². The van der Waals surface area contributed by atoms with E-state index >= 15 is 0 Å². The molecule has 0 aliphatic heterocycles. The number of hydrogen-bond donors (Lipinski definition) is 2. The van der Waals surface area contributed by atoms with Crippen molar-refractivity contribution in [1.29, 1.82) is 5.41 Å². The van der Waals surface area contributed by atoms with E-state index in [1.54, 1.807) is 0 Å². The second-order valence-electron chi connectivity index (χ2n) is 4.53. The Bertz CT molecular complexity index is 538. The molecular weight excluding hydrogens is 263 g/mol. The standard InChI is InChI=1S/C11H12F3N3O2/c1-10(2,9(15)16)6-3-4-8(17(18)19)7(5-6)11(12,13)14/h3-5H,1-2H3,(H3,15,16). The van der Waals surface area contributed by atoms with Crippen molar-refractivity contribution in [3.05, 3.63) is 39.4 Å². The number of halogens is 3. The maximum Gasteiger partial charge on any atom is 0.423 e. The lowest BCUT2D eigenvalue weighted by Crippen LogP contribution is -2.35. The number of nitrogens with zero attached hydrogens (tertiary/aromatic N) is 1. The van der Waals surface area contributed by atoms with E-state index in [0.717, 1.165) is 6.07 Å². The highest BCUT2D eigenvalue weighted by Gasteiger charge is 2.39. The van der Waals surface area contributed by atoms with Gasteiger partial charge in [-0.2, -0.15) is 13.2 Å². The van der Waals surface area contributed by atoms with E-state index in [-0.39, 0.29) is 11.4 Å². The van der Waals surface area contributed by atoms with E-state index in [2.05, 4.69) is 0 Å². The van der Waals surface area contributed by atoms with Crippen LogP contribution in [-0.2, 0) is 11.6 Å². The van der Waals surface area contributed by atoms with Crippen LogP contribution in [0.5, 0.6) is 0 Å². The molecule has 0 fully saturated rings. The molecule has 0 radical (unpaired) electrons. The second kappa shape index (κ2) is 4.52. The molecule has 1 aromatic carbocycles. The molecule has 0 aromatic heterocycles. The smallest absolute Gasteiger partial charge is 0.387 e. The topological polar surface area (TPSA) is 93.0 Å². The number of hydrogen-bond acceptors (Lipinski definition) is 3. The van der Waals surface area contributed by atoms with E-state index in [4.69, 9.17) is 11.1 Å². The minimum Gasteiger partial charge on any atom is -0.387 e. The third-order valence-electron chi connectivity index (χ3n) is 2.89. The highest BCUT2D eigenvalue weighted by atomic mass is 19.4. The molecule has 0 spiro atoms. The predicted molar refractivity (Wildman–Crippen MR) is 63.0 cm³/mol. The summed E-state index contributed by atoms with van der Waals surface area (Å²) in [6.07, 6.45) is -4.84. The van der Waals surface area contributed by atoms with Gasteiger partial charge in [0.1, 0.15) is 11.4 Å². The van der Waals surface area contributed by atoms with Crippen molar-refractivity contribution in [2.24, 2.45) is 5.73 Å². The normalized spacial score (nSPS) is 12.3. The van der Waals surface area contributed by atoms with E-state index in [1.165, 1.54) is 19.9 Å². The molecule has 8 heteroatoms. The Balaban J connectivity index is 3.52. The zero-order valence-corrected chi connectivity index (χ0v) is 10.2. The first-order valence-electron chi connectivity index (χ1n) is 5.18. The summed E-state index contributed by atoms with van der Waals surface area (Å²) in [4.78, 5) is 9.51. The fraction of sp³-hybridized carbons (Fsp3) is 0.364. The molecule has 0 atom stereocenters. The largest absolute Gasteiger partial charge is 0.423 e. The zero-order valence-electron chi connectivity index (χ0n) is 10.2. The maximum absolute atomic E-state index is 12.8. The zero-order chi connectivity index (χ0) is 15.0. The van der Waals surface area contributed by atoms with Crippen LogP contribution in [-0.4, -0.2) is 10.8 Å². The molecular formula is C11H12F3N3O2. The third-order valence-corrected chi connectivity index (χ3v) is 2.89. The van der Waals surface area contributed by atoms with Crippen molar-refractivity contribution in [2.45, 2.75) is 25.4 Å². The maximum atomic E-state index is 12.8. The first kappa shape index (κ1) is 14.9. The first-order valence-corrected chi connectivity index (χ1v) is 5.18. The Morgan fingerprint density at radius 1 is 1.37 bits per heavy atom. The lowest BCUT2D eigenvalue weighted by Gasteiger charge is -2.24. The summed E-state index contributed by atoms with van der Waals surface area (Å²) < 4.78 is 38.4. The van der Waals surface area contributed by atoms with Crippen molar-refractivity contribution < 1.29 is 18.1 Å². The monoisotopic (exact) mass is 275 g/mol. The summed E-state index contributed by atoms with van der Waals surface area (Å²) in [5.41, 5.74) is 1.93. The molecule has 0 unspecified atom stereocenters. The van der Waals surface area contributed by atoms with Crippen molar-refractivity contribution in [3.63, 3.8) is 0 Å². The van der Waals surface area contributed by atoms with Gasteiger partial charge in [0.15, 0.2) is 0 Å². The van der Waals surface area contributed by atoms with Gasteiger partial charge in [-0.3, -0.25) is 15.5 Å². The van der Waals surface area contributed by atoms with Crippen LogP contribution in [0.2, 0.25) is 0 Å². The number of nitro benzene ring substituents is 1. The number of alkyl halides is 3. The number of nitro groups is 1. The number of rotatable bonds is 3. The average Bonchev–Trinajstić information content (AvgIpc) is 2.26. The predicted octanol–water partition coefficient (Wildman–Crippen LogP) is 2.83. The van der Waals surface area contributed by atoms with Crippen molar-refractivity contribution in [1.82, 2.24) is 0 Å². The van der Waals surface area contributed by atoms with Gasteiger partial charge in [-0.1, -0.05) is 6.07 Å². The van der Waals surface area contributed by atoms with Crippen LogP contribution in [0.15, 0.2) is 18.2 Å². The number of amidine groups is 1. The Morgan fingerprint density at radius 2 is 1.89 bits per heavy atom. The summed E-state index contributed by atoms with van der Waals surface area (Å²) >= 11 is 0. The van der Waals surface area contributed by atoms with Crippen LogP contribution in [0.3, 0.4) is 0 Å². The van der Waals surface area contributed by atoms with E-state index < -0.39 is 27.8 Å². The van der Waals surface area contributed by atoms with E-state index in [9.17, 15) is 23.3 Å². The van der Waals surface area contributed by atoms with Gasteiger partial charge in [0.2, 0.25) is 0 Å². The van der Waals surface area contributed by atoms with Gasteiger partial charge in [0, 0.05) is 11.5 Å². The van der Waals surface area contributed by atoms with Crippen molar-refractivity contribution >= 4 is 11.5 Å². The van der Waals surface area contributed by atoms with Gasteiger partial charge < -0.3 is 5.73 Å². The number of nitrogens with one attached hydrogen (secondary N) is 1. The van der Waals surface area contributed by atoms with Crippen LogP contribution in [0.4, 0.5) is 18.9 Å². The SMILES string of the molecule is CC(C)(C(=N)N)c1ccc([N+](=O)[O-])c(C(F)(F)F)c1. The summed E-state index contributed by atoms with van der Waals surface area (Å²) in [5, 5.41) is 18.0. The van der Waals surface area contributed by atoms with Crippen molar-refractivity contribution in [2.75, 3.05) is 0 Å². The van der Waals surface area contributed by atoms with Crippen LogP contribution in [0.25, 0.3) is 0 Å². The van der Waals surface area contributed by atoms with Crippen molar-refractivity contribution in [3.8, 4) is 0 Å². The van der Waals surface area contributed by atoms with Gasteiger partial charge in [0.05, 0.1) is 4.92 Å². The highest BCUT2D eigenvalue weighted by Crippen LogP contribution is 2.38. The molecule has 104 valence electrons. The summed E-state index contributed by atoms with van der Waals surface area (Å²) in [7, 11) is 0. The number of nitrogens with two attached hydrogens (primary N) is 1. The molecule has 1 rings (SSSR count).